The predicted octanol–water partition coefficient (Wildman–Crippen LogP) is 1.37. The van der Waals surface area contributed by atoms with Crippen LogP contribution in [0, 0.1) is 11.6 Å². The molecule has 0 aliphatic carbocycles. The quantitative estimate of drug-likeness (QED) is 0.584. The number of nitrogens with one attached hydrogen (secondary N) is 1. The van der Waals surface area contributed by atoms with Gasteiger partial charge in [0.2, 0.25) is 11.8 Å². The lowest BCUT2D eigenvalue weighted by Crippen LogP contribution is -2.42. The maximum atomic E-state index is 13.6. The first-order chi connectivity index (χ1) is 16.3. The molecule has 34 heavy (non-hydrogen) atoms. The zero-order chi connectivity index (χ0) is 24.4. The number of carbonyl (C=O) groups excluding carboxylic acids is 1. The van der Waals surface area contributed by atoms with Crippen LogP contribution in [0.1, 0.15) is 16.7 Å². The number of nitrogens with zero attached hydrogens (tertiary/aromatic N) is 3. The van der Waals surface area contributed by atoms with Gasteiger partial charge in [-0.25, -0.2) is 18.6 Å². The number of amides is 1. The lowest BCUT2D eigenvalue weighted by molar-refractivity contribution is -0.117. The second-order valence-electron chi connectivity index (χ2n) is 7.55. The summed E-state index contributed by atoms with van der Waals surface area (Å²) in [7, 11) is 2.90. The second kappa shape index (κ2) is 9.30. The van der Waals surface area contributed by atoms with E-state index in [1.54, 1.807) is 18.3 Å². The minimum Gasteiger partial charge on any atom is -0.481 e. The number of benzene rings is 1. The van der Waals surface area contributed by atoms with Gasteiger partial charge in [0.25, 0.3) is 11.5 Å². The molecule has 0 saturated heterocycles. The topological polar surface area (TPSA) is 104 Å². The minimum atomic E-state index is -1.09. The number of fused-ring (bicyclic) bond motifs is 1. The maximum Gasteiger partial charge on any atom is 0.333 e. The van der Waals surface area contributed by atoms with E-state index in [-0.39, 0.29) is 42.3 Å². The number of ether oxygens (including phenoxy) is 2. The standard InChI is InChI=1S/C23H20F2N4O5/c1-28-22-16(21(31)29(23(28)32)11-14-3-4-17(24)18(25)7-14)9-15(12-34-22)20(30)27-10-13-5-6-26-19(8-13)33-2/h3-9H,10-12H2,1-2H3,(H,27,30). The third kappa shape index (κ3) is 4.45. The van der Waals surface area contributed by atoms with Gasteiger partial charge in [0.05, 0.1) is 19.2 Å². The van der Waals surface area contributed by atoms with Gasteiger partial charge in [-0.3, -0.25) is 18.7 Å². The first-order valence-electron chi connectivity index (χ1n) is 10.2. The van der Waals surface area contributed by atoms with E-state index in [1.165, 1.54) is 26.3 Å². The van der Waals surface area contributed by atoms with Gasteiger partial charge in [-0.05, 0) is 35.4 Å². The van der Waals surface area contributed by atoms with E-state index in [9.17, 15) is 23.2 Å². The molecule has 0 radical (unpaired) electrons. The summed E-state index contributed by atoms with van der Waals surface area (Å²) in [6.45, 7) is -0.233. The molecule has 1 amide bonds. The van der Waals surface area contributed by atoms with Gasteiger partial charge in [0, 0.05) is 25.9 Å². The Labute approximate surface area is 191 Å². The normalized spacial score (nSPS) is 12.4. The van der Waals surface area contributed by atoms with Crippen molar-refractivity contribution in [3.8, 4) is 11.8 Å². The first-order valence-corrected chi connectivity index (χ1v) is 10.2. The summed E-state index contributed by atoms with van der Waals surface area (Å²) < 4.78 is 39.4. The number of hydrogen-bond acceptors (Lipinski definition) is 6. The summed E-state index contributed by atoms with van der Waals surface area (Å²) in [5.41, 5.74) is -0.234. The Balaban J connectivity index is 1.62. The highest BCUT2D eigenvalue weighted by Gasteiger charge is 2.24. The average molecular weight is 470 g/mol. The van der Waals surface area contributed by atoms with Crippen molar-refractivity contribution in [1.82, 2.24) is 19.4 Å². The average Bonchev–Trinajstić information content (AvgIpc) is 2.85. The fraction of sp³-hybridized carbons (Fsp3) is 0.217. The van der Waals surface area contributed by atoms with E-state index in [0.29, 0.717) is 5.88 Å². The predicted molar refractivity (Wildman–Crippen MR) is 118 cm³/mol. The largest absolute Gasteiger partial charge is 0.481 e. The van der Waals surface area contributed by atoms with E-state index in [0.717, 1.165) is 26.8 Å². The van der Waals surface area contributed by atoms with Crippen LogP contribution in [0.2, 0.25) is 0 Å². The van der Waals surface area contributed by atoms with E-state index in [2.05, 4.69) is 10.3 Å². The third-order valence-electron chi connectivity index (χ3n) is 5.29. The zero-order valence-electron chi connectivity index (χ0n) is 18.3. The fourth-order valence-electron chi connectivity index (χ4n) is 3.49. The number of rotatable bonds is 6. The lowest BCUT2D eigenvalue weighted by atomic mass is 10.1. The second-order valence-corrected chi connectivity index (χ2v) is 7.55. The highest BCUT2D eigenvalue weighted by atomic mass is 19.2. The van der Waals surface area contributed by atoms with Crippen molar-refractivity contribution in [2.45, 2.75) is 13.1 Å². The van der Waals surface area contributed by atoms with Crippen LogP contribution in [-0.2, 0) is 24.9 Å². The summed E-state index contributed by atoms with van der Waals surface area (Å²) in [5.74, 6) is -2.15. The van der Waals surface area contributed by atoms with Gasteiger partial charge in [0.1, 0.15) is 12.2 Å². The molecule has 2 aromatic heterocycles. The molecule has 0 unspecified atom stereocenters. The molecule has 11 heteroatoms. The minimum absolute atomic E-state index is 0.00617. The van der Waals surface area contributed by atoms with Gasteiger partial charge >= 0.3 is 5.69 Å². The first kappa shape index (κ1) is 22.9. The van der Waals surface area contributed by atoms with E-state index < -0.39 is 28.8 Å². The van der Waals surface area contributed by atoms with Crippen molar-refractivity contribution in [2.75, 3.05) is 13.7 Å². The molecule has 0 atom stereocenters. The molecule has 0 bridgehead atoms. The van der Waals surface area contributed by atoms with Crippen LogP contribution in [0.4, 0.5) is 8.78 Å². The molecular weight excluding hydrogens is 450 g/mol. The molecule has 1 N–H and O–H groups in total. The van der Waals surface area contributed by atoms with Crippen LogP contribution in [0.5, 0.6) is 11.8 Å². The van der Waals surface area contributed by atoms with E-state index >= 15 is 0 Å². The molecule has 176 valence electrons. The van der Waals surface area contributed by atoms with Crippen molar-refractivity contribution in [1.29, 1.82) is 0 Å². The molecule has 3 aromatic rings. The number of halogens is 2. The Morgan fingerprint density at radius 3 is 2.71 bits per heavy atom. The molecule has 0 saturated carbocycles. The van der Waals surface area contributed by atoms with Gasteiger partial charge in [-0.2, -0.15) is 0 Å². The van der Waals surface area contributed by atoms with Crippen LogP contribution in [0.3, 0.4) is 0 Å². The Morgan fingerprint density at radius 2 is 1.97 bits per heavy atom. The number of aromatic nitrogens is 3. The smallest absolute Gasteiger partial charge is 0.333 e. The summed E-state index contributed by atoms with van der Waals surface area (Å²) in [5, 5.41) is 2.74. The molecule has 4 rings (SSSR count). The SMILES string of the molecule is COc1cc(CNC(=O)C2=Cc3c(n(C)c(=O)n(Cc4ccc(F)c(F)c4)c3=O)OC2)ccn1. The Kier molecular flexibility index (Phi) is 6.26. The monoisotopic (exact) mass is 470 g/mol. The zero-order valence-corrected chi connectivity index (χ0v) is 18.3. The summed E-state index contributed by atoms with van der Waals surface area (Å²) in [6, 6.07) is 6.51. The van der Waals surface area contributed by atoms with Gasteiger partial charge < -0.3 is 14.8 Å². The van der Waals surface area contributed by atoms with Crippen LogP contribution < -0.4 is 26.0 Å². The highest BCUT2D eigenvalue weighted by Crippen LogP contribution is 2.22. The molecule has 0 spiro atoms. The van der Waals surface area contributed by atoms with Gasteiger partial charge in [0.15, 0.2) is 11.6 Å². The number of pyridine rings is 1. The van der Waals surface area contributed by atoms with Crippen LogP contribution in [-0.4, -0.2) is 33.7 Å². The molecule has 1 aromatic carbocycles. The van der Waals surface area contributed by atoms with Gasteiger partial charge in [-0.1, -0.05) is 6.07 Å². The number of hydrogen-bond donors (Lipinski definition) is 1. The lowest BCUT2D eigenvalue weighted by Gasteiger charge is -2.21. The maximum absolute atomic E-state index is 13.6. The molecule has 3 heterocycles. The molecule has 1 aliphatic heterocycles. The molecular formula is C23H20F2N4O5. The molecule has 0 fully saturated rings. The summed E-state index contributed by atoms with van der Waals surface area (Å²) >= 11 is 0. The summed E-state index contributed by atoms with van der Waals surface area (Å²) in [6.07, 6.45) is 2.92. The Bertz CT molecular complexity index is 1430. The van der Waals surface area contributed by atoms with Crippen molar-refractivity contribution in [3.05, 3.63) is 91.3 Å². The van der Waals surface area contributed by atoms with Crippen molar-refractivity contribution >= 4 is 12.0 Å². The number of methoxy groups -OCH3 is 1. The fourth-order valence-corrected chi connectivity index (χ4v) is 3.49. The van der Waals surface area contributed by atoms with Crippen LogP contribution >= 0.6 is 0 Å². The summed E-state index contributed by atoms with van der Waals surface area (Å²) in [4.78, 5) is 42.5. The van der Waals surface area contributed by atoms with Crippen LogP contribution in [0.15, 0.2) is 51.7 Å². The van der Waals surface area contributed by atoms with Crippen molar-refractivity contribution in [3.63, 3.8) is 0 Å². The van der Waals surface area contributed by atoms with Gasteiger partial charge in [-0.15, -0.1) is 0 Å². The van der Waals surface area contributed by atoms with E-state index in [1.807, 2.05) is 0 Å². The molecule has 1 aliphatic rings. The van der Waals surface area contributed by atoms with Crippen molar-refractivity contribution < 1.29 is 23.0 Å². The van der Waals surface area contributed by atoms with E-state index in [4.69, 9.17) is 9.47 Å². The number of carbonyl (C=O) groups is 1. The molecule has 9 nitrogen and oxygen atoms in total. The highest BCUT2D eigenvalue weighted by molar-refractivity contribution is 5.98. The van der Waals surface area contributed by atoms with Crippen LogP contribution in [0.25, 0.3) is 6.08 Å². The Hall–Kier alpha value is -4.28. The van der Waals surface area contributed by atoms with Crippen molar-refractivity contribution in [2.24, 2.45) is 7.05 Å². The Morgan fingerprint density at radius 1 is 1.18 bits per heavy atom. The third-order valence-corrected chi connectivity index (χ3v) is 5.29.